The summed E-state index contributed by atoms with van der Waals surface area (Å²) >= 11 is 0. The van der Waals surface area contributed by atoms with Crippen molar-refractivity contribution >= 4 is 0 Å². The molecule has 6 saturated carbocycles. The van der Waals surface area contributed by atoms with E-state index in [9.17, 15) is 0 Å². The molecule has 0 aliphatic heterocycles. The molecule has 6 unspecified atom stereocenters. The SMILES string of the molecule is CC1CCC2CCC3CCCCC(C)(C1)C(C)C(CC2)C1CC(CCC3)C1. The molecule has 0 amide bonds. The van der Waals surface area contributed by atoms with Crippen molar-refractivity contribution in [1.82, 2.24) is 0 Å². The zero-order valence-corrected chi connectivity index (χ0v) is 18.9. The van der Waals surface area contributed by atoms with Gasteiger partial charge in [-0.15, -0.1) is 0 Å². The normalized spacial score (nSPS) is 49.7. The average molecular weight is 373 g/mol. The Bertz CT molecular complexity index is 461. The number of hydrogen-bond donors (Lipinski definition) is 0. The van der Waals surface area contributed by atoms with Crippen LogP contribution in [0.5, 0.6) is 0 Å². The highest BCUT2D eigenvalue weighted by atomic mass is 14.5. The van der Waals surface area contributed by atoms with Gasteiger partial charge in [0, 0.05) is 0 Å². The maximum Gasteiger partial charge on any atom is -0.0295 e. The highest BCUT2D eigenvalue weighted by Gasteiger charge is 2.44. The van der Waals surface area contributed by atoms with Crippen molar-refractivity contribution in [1.29, 1.82) is 0 Å². The molecule has 156 valence electrons. The maximum atomic E-state index is 2.72. The fraction of sp³-hybridized carbons (Fsp3) is 1.00. The fourth-order valence-electron chi connectivity index (χ4n) is 8.14. The lowest BCUT2D eigenvalue weighted by Gasteiger charge is -2.50. The highest BCUT2D eigenvalue weighted by molar-refractivity contribution is 4.94. The van der Waals surface area contributed by atoms with E-state index in [2.05, 4.69) is 20.8 Å². The molecule has 6 bridgehead atoms. The quantitative estimate of drug-likeness (QED) is 0.399. The van der Waals surface area contributed by atoms with Crippen molar-refractivity contribution in [2.24, 2.45) is 46.8 Å². The first-order chi connectivity index (χ1) is 13.0. The van der Waals surface area contributed by atoms with Crippen LogP contribution in [0.3, 0.4) is 0 Å². The van der Waals surface area contributed by atoms with Gasteiger partial charge in [0.2, 0.25) is 0 Å². The third-order valence-electron chi connectivity index (χ3n) is 10.2. The molecule has 0 saturated heterocycles. The van der Waals surface area contributed by atoms with E-state index < -0.39 is 0 Å². The molecule has 6 fully saturated rings. The molecule has 0 aromatic carbocycles. The van der Waals surface area contributed by atoms with Gasteiger partial charge in [-0.25, -0.2) is 0 Å². The predicted octanol–water partition coefficient (Wildman–Crippen LogP) is 8.64. The molecule has 0 N–H and O–H groups in total. The van der Waals surface area contributed by atoms with Crippen LogP contribution in [-0.2, 0) is 0 Å². The van der Waals surface area contributed by atoms with Gasteiger partial charge in [-0.2, -0.15) is 0 Å². The lowest BCUT2D eigenvalue weighted by molar-refractivity contribution is -0.000315. The summed E-state index contributed by atoms with van der Waals surface area (Å²) in [5.41, 5.74) is 0.607. The standard InChI is InChI=1S/C27H48/c1-20-10-11-23-13-12-22-7-4-5-16-27(3,19-20)21(2)26(15-14-23)25-17-24(18-25)9-6-8-22/h20-26H,4-19H2,1-3H3. The van der Waals surface area contributed by atoms with Crippen molar-refractivity contribution in [3.63, 3.8) is 0 Å². The smallest absolute Gasteiger partial charge is 0.0295 e. The van der Waals surface area contributed by atoms with E-state index in [1.807, 2.05) is 0 Å². The van der Waals surface area contributed by atoms with Gasteiger partial charge in [0.25, 0.3) is 0 Å². The van der Waals surface area contributed by atoms with E-state index in [4.69, 9.17) is 0 Å². The van der Waals surface area contributed by atoms with Crippen molar-refractivity contribution in [3.8, 4) is 0 Å². The van der Waals surface area contributed by atoms with Crippen LogP contribution in [0.25, 0.3) is 0 Å². The molecule has 0 radical (unpaired) electrons. The monoisotopic (exact) mass is 372 g/mol. The summed E-state index contributed by atoms with van der Waals surface area (Å²) in [4.78, 5) is 0. The second-order valence-corrected chi connectivity index (χ2v) is 12.2. The Kier molecular flexibility index (Phi) is 6.60. The Balaban J connectivity index is 1.66. The second kappa shape index (κ2) is 8.79. The highest BCUT2D eigenvalue weighted by Crippen LogP contribution is 2.54. The van der Waals surface area contributed by atoms with Crippen LogP contribution in [0.2, 0.25) is 0 Å². The molecule has 0 spiro atoms. The zero-order valence-electron chi connectivity index (χ0n) is 18.9. The molecule has 0 heteroatoms. The minimum absolute atomic E-state index is 0.607. The molecule has 0 heterocycles. The number of hydrogen-bond acceptors (Lipinski definition) is 0. The van der Waals surface area contributed by atoms with Crippen molar-refractivity contribution in [2.75, 3.05) is 0 Å². The van der Waals surface area contributed by atoms with E-state index in [1.165, 1.54) is 32.1 Å². The van der Waals surface area contributed by atoms with E-state index >= 15 is 0 Å². The lowest BCUT2D eigenvalue weighted by atomic mass is 9.55. The van der Waals surface area contributed by atoms with Crippen LogP contribution in [0, 0.1) is 46.8 Å². The molecule has 6 aliphatic carbocycles. The lowest BCUT2D eigenvalue weighted by Crippen LogP contribution is -2.41. The largest absolute Gasteiger partial charge is 0.0625 e. The third-order valence-corrected chi connectivity index (χ3v) is 10.2. The van der Waals surface area contributed by atoms with E-state index in [-0.39, 0.29) is 0 Å². The molecule has 0 aromatic heterocycles. The van der Waals surface area contributed by atoms with Crippen molar-refractivity contribution in [3.05, 3.63) is 0 Å². The van der Waals surface area contributed by atoms with Crippen LogP contribution < -0.4 is 0 Å². The Morgan fingerprint density at radius 3 is 2.07 bits per heavy atom. The van der Waals surface area contributed by atoms with Crippen LogP contribution in [0.1, 0.15) is 124 Å². The minimum Gasteiger partial charge on any atom is -0.0625 e. The summed E-state index contributed by atoms with van der Waals surface area (Å²) in [6.45, 7) is 8.02. The number of rotatable bonds is 0. The predicted molar refractivity (Wildman–Crippen MR) is 118 cm³/mol. The fourth-order valence-corrected chi connectivity index (χ4v) is 8.14. The van der Waals surface area contributed by atoms with Crippen LogP contribution >= 0.6 is 0 Å². The van der Waals surface area contributed by atoms with Gasteiger partial charge < -0.3 is 0 Å². The summed E-state index contributed by atoms with van der Waals surface area (Å²) in [6, 6.07) is 0. The van der Waals surface area contributed by atoms with Gasteiger partial charge in [0.1, 0.15) is 0 Å². The van der Waals surface area contributed by atoms with E-state index in [0.29, 0.717) is 5.41 Å². The van der Waals surface area contributed by atoms with Gasteiger partial charge in [0.15, 0.2) is 0 Å². The topological polar surface area (TPSA) is 0 Å². The Morgan fingerprint density at radius 2 is 1.26 bits per heavy atom. The molecular weight excluding hydrogens is 324 g/mol. The first-order valence-corrected chi connectivity index (χ1v) is 13.0. The molecule has 6 rings (SSSR count). The Labute approximate surface area is 170 Å². The summed E-state index contributed by atoms with van der Waals surface area (Å²) < 4.78 is 0. The molecule has 6 atom stereocenters. The summed E-state index contributed by atoms with van der Waals surface area (Å²) in [6.07, 6.45) is 24.7. The first-order valence-electron chi connectivity index (χ1n) is 13.0. The zero-order chi connectivity index (χ0) is 18.9. The van der Waals surface area contributed by atoms with Gasteiger partial charge in [-0.3, -0.25) is 0 Å². The van der Waals surface area contributed by atoms with E-state index in [1.54, 1.807) is 70.6 Å². The average Bonchev–Trinajstić information content (AvgIpc) is 2.64. The molecular formula is C27H48. The third kappa shape index (κ3) is 4.78. The molecule has 27 heavy (non-hydrogen) atoms. The second-order valence-electron chi connectivity index (χ2n) is 12.2. The molecule has 0 aromatic rings. The molecule has 6 aliphatic rings. The molecule has 0 nitrogen and oxygen atoms in total. The van der Waals surface area contributed by atoms with Gasteiger partial charge in [0.05, 0.1) is 0 Å². The van der Waals surface area contributed by atoms with Crippen LogP contribution in [0.15, 0.2) is 0 Å². The van der Waals surface area contributed by atoms with Gasteiger partial charge in [-0.1, -0.05) is 91.4 Å². The van der Waals surface area contributed by atoms with E-state index in [0.717, 1.165) is 41.4 Å². The summed E-state index contributed by atoms with van der Waals surface area (Å²) in [5.74, 6) is 7.22. The summed E-state index contributed by atoms with van der Waals surface area (Å²) in [5, 5.41) is 0. The van der Waals surface area contributed by atoms with Crippen LogP contribution in [-0.4, -0.2) is 0 Å². The van der Waals surface area contributed by atoms with Gasteiger partial charge in [-0.05, 0) is 78.9 Å². The minimum atomic E-state index is 0.607. The van der Waals surface area contributed by atoms with Crippen molar-refractivity contribution < 1.29 is 0 Å². The number of fused-ring (bicyclic) bond motifs is 8. The van der Waals surface area contributed by atoms with Gasteiger partial charge >= 0.3 is 0 Å². The summed E-state index contributed by atoms with van der Waals surface area (Å²) in [7, 11) is 0. The van der Waals surface area contributed by atoms with Crippen molar-refractivity contribution in [2.45, 2.75) is 124 Å². The first kappa shape index (κ1) is 20.3. The Morgan fingerprint density at radius 1 is 0.630 bits per heavy atom. The Hall–Kier alpha value is 0. The maximum absolute atomic E-state index is 2.72. The van der Waals surface area contributed by atoms with Crippen LogP contribution in [0.4, 0.5) is 0 Å².